The van der Waals surface area contributed by atoms with Crippen molar-refractivity contribution in [1.29, 1.82) is 0 Å². The summed E-state index contributed by atoms with van der Waals surface area (Å²) in [7, 11) is 0. The number of carbonyl (C=O) groups is 1. The highest BCUT2D eigenvalue weighted by Crippen LogP contribution is 2.35. The molecule has 11 heteroatoms. The summed E-state index contributed by atoms with van der Waals surface area (Å²) in [5.41, 5.74) is 0.866. The van der Waals surface area contributed by atoms with Crippen molar-refractivity contribution in [3.63, 3.8) is 0 Å². The van der Waals surface area contributed by atoms with Crippen molar-refractivity contribution in [2.75, 3.05) is 5.32 Å². The van der Waals surface area contributed by atoms with E-state index in [9.17, 15) is 22.4 Å². The Hall–Kier alpha value is -3.18. The number of hydrogen-bond donors (Lipinski definition) is 3. The zero-order valence-corrected chi connectivity index (χ0v) is 13.0. The Bertz CT molecular complexity index is 860. The van der Waals surface area contributed by atoms with Gasteiger partial charge in [0.25, 0.3) is 0 Å². The maximum absolute atomic E-state index is 13.3. The molecule has 2 heterocycles. The van der Waals surface area contributed by atoms with Crippen LogP contribution in [0.3, 0.4) is 0 Å². The normalized spacial score (nSPS) is 21.6. The van der Waals surface area contributed by atoms with Crippen LogP contribution >= 0.6 is 0 Å². The van der Waals surface area contributed by atoms with Crippen molar-refractivity contribution in [3.8, 4) is 0 Å². The van der Waals surface area contributed by atoms with E-state index in [1.807, 2.05) is 5.32 Å². The number of carbonyl (C=O) groups excluding carboxylic acids is 1. The third-order valence-electron chi connectivity index (χ3n) is 3.48. The molecule has 26 heavy (non-hydrogen) atoms. The average Bonchev–Trinajstić information content (AvgIpc) is 2.98. The monoisotopic (exact) mass is 369 g/mol. The number of amides is 2. The van der Waals surface area contributed by atoms with Crippen molar-refractivity contribution in [1.82, 2.24) is 10.4 Å². The lowest BCUT2D eigenvalue weighted by Crippen LogP contribution is -2.51. The average molecular weight is 369 g/mol. The molecule has 1 aromatic carbocycles. The lowest BCUT2D eigenvalue weighted by Gasteiger charge is -2.21. The molecule has 1 atom stereocenters. The number of urea groups is 1. The molecule has 2 amide bonds. The molecule has 1 unspecified atom stereocenters. The Labute approximate surface area is 144 Å². The molecule has 0 fully saturated rings. The summed E-state index contributed by atoms with van der Waals surface area (Å²) in [4.78, 5) is 12.4. The van der Waals surface area contributed by atoms with Gasteiger partial charge in [-0.25, -0.2) is 14.2 Å². The van der Waals surface area contributed by atoms with Gasteiger partial charge < -0.3 is 5.43 Å². The van der Waals surface area contributed by atoms with Crippen LogP contribution in [0.4, 0.5) is 28.0 Å². The molecule has 3 rings (SSSR count). The molecule has 4 N–H and O–H groups in total. The molecule has 0 radical (unpaired) electrons. The molecule has 0 bridgehead atoms. The van der Waals surface area contributed by atoms with E-state index in [2.05, 4.69) is 10.5 Å². The number of allylic oxidation sites excluding steroid dienone is 2. The minimum atomic E-state index is -4.78. The Morgan fingerprint density at radius 1 is 1.31 bits per heavy atom. The summed E-state index contributed by atoms with van der Waals surface area (Å²) < 4.78 is 51.2. The maximum atomic E-state index is 13.3. The van der Waals surface area contributed by atoms with Gasteiger partial charge in [0.2, 0.25) is 5.84 Å². The summed E-state index contributed by atoms with van der Waals surface area (Å²) in [6, 6.07) is 0.662. The number of alkyl halides is 3. The van der Waals surface area contributed by atoms with E-state index in [1.54, 1.807) is 24.6 Å². The van der Waals surface area contributed by atoms with E-state index in [-0.39, 0.29) is 5.84 Å². The largest absolute Gasteiger partial charge is 0.472 e. The Morgan fingerprint density at radius 3 is 2.73 bits per heavy atom. The summed E-state index contributed by atoms with van der Waals surface area (Å²) in [5.74, 6) is 5.14. The lowest BCUT2D eigenvalue weighted by atomic mass is 10.1. The van der Waals surface area contributed by atoms with Gasteiger partial charge in [-0.1, -0.05) is 0 Å². The van der Waals surface area contributed by atoms with Crippen molar-refractivity contribution >= 4 is 17.6 Å². The summed E-state index contributed by atoms with van der Waals surface area (Å²) >= 11 is 0. The fourth-order valence-corrected chi connectivity index (χ4v) is 2.23. The van der Waals surface area contributed by atoms with Crippen LogP contribution in [0.25, 0.3) is 0 Å². The minimum absolute atomic E-state index is 0.249. The van der Waals surface area contributed by atoms with Crippen LogP contribution in [-0.2, 0) is 6.18 Å². The third kappa shape index (κ3) is 3.43. The number of nitrogens with two attached hydrogens (primary N) is 1. The molecule has 7 nitrogen and oxygen atoms in total. The number of hydrogen-bond acceptors (Lipinski definition) is 5. The van der Waals surface area contributed by atoms with Gasteiger partial charge in [0.1, 0.15) is 5.82 Å². The Kier molecular flexibility index (Phi) is 4.26. The van der Waals surface area contributed by atoms with Crippen LogP contribution in [0.5, 0.6) is 0 Å². The number of halogens is 4. The first kappa shape index (κ1) is 17.6. The molecule has 0 saturated carbocycles. The second-order valence-corrected chi connectivity index (χ2v) is 5.33. The molecule has 2 aliphatic heterocycles. The molecule has 1 aromatic rings. The first-order valence-electron chi connectivity index (χ1n) is 7.23. The van der Waals surface area contributed by atoms with Gasteiger partial charge >= 0.3 is 12.2 Å². The number of amidine groups is 1. The van der Waals surface area contributed by atoms with Crippen LogP contribution in [-0.4, -0.2) is 21.6 Å². The fourth-order valence-electron chi connectivity index (χ4n) is 2.23. The SMILES string of the molecule is N[N+]1(C(=O)Nc2cc(F)ccc2C(F)(F)F)C=CC(N2C=CC=CN2)=N1. The Morgan fingerprint density at radius 2 is 2.08 bits per heavy atom. The highest BCUT2D eigenvalue weighted by molar-refractivity contribution is 5.96. The van der Waals surface area contributed by atoms with Gasteiger partial charge in [-0.2, -0.15) is 13.2 Å². The number of nitrogens with one attached hydrogen (secondary N) is 2. The van der Waals surface area contributed by atoms with Crippen molar-refractivity contribution in [2.24, 2.45) is 10.9 Å². The van der Waals surface area contributed by atoms with Crippen molar-refractivity contribution < 1.29 is 27.1 Å². The molecular weight excluding hydrogens is 356 g/mol. The van der Waals surface area contributed by atoms with Crippen molar-refractivity contribution in [2.45, 2.75) is 6.18 Å². The van der Waals surface area contributed by atoms with Gasteiger partial charge in [0, 0.05) is 18.5 Å². The standard InChI is InChI=1S/C15H12F4N6O/c16-10-3-4-11(15(17,18)19)12(9-10)22-14(26)25(20)8-5-13(23-25)24-7-2-1-6-21-24/h1-9,21H,20H2/p+1. The quantitative estimate of drug-likeness (QED) is 0.308. The third-order valence-corrected chi connectivity index (χ3v) is 3.48. The van der Waals surface area contributed by atoms with Crippen LogP contribution < -0.4 is 16.6 Å². The summed E-state index contributed by atoms with van der Waals surface area (Å²) in [6.07, 6.45) is 4.42. The van der Waals surface area contributed by atoms with Crippen LogP contribution in [0, 0.1) is 5.82 Å². The number of hydrazine groups is 1. The number of quaternary nitrogens is 1. The number of anilines is 1. The van der Waals surface area contributed by atoms with E-state index >= 15 is 0 Å². The molecule has 136 valence electrons. The first-order valence-corrected chi connectivity index (χ1v) is 7.23. The Balaban J connectivity index is 1.84. The molecule has 0 aromatic heterocycles. The van der Waals surface area contributed by atoms with E-state index in [1.165, 1.54) is 17.3 Å². The van der Waals surface area contributed by atoms with E-state index in [0.717, 1.165) is 0 Å². The molecular formula is C15H13F4N6O+. The minimum Gasteiger partial charge on any atom is -0.300 e. The van der Waals surface area contributed by atoms with Crippen LogP contribution in [0.2, 0.25) is 0 Å². The van der Waals surface area contributed by atoms with E-state index in [4.69, 9.17) is 5.84 Å². The zero-order valence-electron chi connectivity index (χ0n) is 13.0. The van der Waals surface area contributed by atoms with Gasteiger partial charge in [-0.3, -0.25) is 5.32 Å². The number of nitrogens with zero attached hydrogens (tertiary/aromatic N) is 3. The maximum Gasteiger partial charge on any atom is 0.472 e. The first-order chi connectivity index (χ1) is 12.2. The second kappa shape index (κ2) is 6.28. The van der Waals surface area contributed by atoms with E-state index in [0.29, 0.717) is 18.2 Å². The smallest absolute Gasteiger partial charge is 0.300 e. The topological polar surface area (TPSA) is 82.8 Å². The fraction of sp³-hybridized carbons (Fsp3) is 0.0667. The molecule has 0 saturated heterocycles. The highest BCUT2D eigenvalue weighted by Gasteiger charge is 2.40. The highest BCUT2D eigenvalue weighted by atomic mass is 19.4. The molecule has 0 spiro atoms. The zero-order chi connectivity index (χ0) is 18.9. The predicted molar refractivity (Wildman–Crippen MR) is 84.7 cm³/mol. The lowest BCUT2D eigenvalue weighted by molar-refractivity contribution is -0.812. The second-order valence-electron chi connectivity index (χ2n) is 5.33. The van der Waals surface area contributed by atoms with Gasteiger partial charge in [-0.15, -0.1) is 5.84 Å². The predicted octanol–water partition coefficient (Wildman–Crippen LogP) is 2.76. The summed E-state index contributed by atoms with van der Waals surface area (Å²) in [6.45, 7) is 0. The molecule has 0 aliphatic carbocycles. The van der Waals surface area contributed by atoms with E-state index < -0.39 is 34.0 Å². The molecule has 2 aliphatic rings. The number of rotatable bonds is 1. The van der Waals surface area contributed by atoms with Gasteiger partial charge in [0.15, 0.2) is 6.20 Å². The summed E-state index contributed by atoms with van der Waals surface area (Å²) in [5, 5.41) is 7.39. The number of benzene rings is 1. The van der Waals surface area contributed by atoms with Crippen molar-refractivity contribution in [3.05, 3.63) is 66.4 Å². The van der Waals surface area contributed by atoms with Crippen LogP contribution in [0.15, 0.2) is 60.1 Å². The van der Waals surface area contributed by atoms with Gasteiger partial charge in [0.05, 0.1) is 11.3 Å². The van der Waals surface area contributed by atoms with Crippen LogP contribution in [0.1, 0.15) is 5.56 Å². The van der Waals surface area contributed by atoms with Gasteiger partial charge in [-0.05, 0) is 40.2 Å².